The maximum absolute atomic E-state index is 11.0. The van der Waals surface area contributed by atoms with Crippen molar-refractivity contribution in [2.24, 2.45) is 0 Å². The van der Waals surface area contributed by atoms with Gasteiger partial charge in [0.1, 0.15) is 0 Å². The minimum atomic E-state index is 0.244. The molecule has 0 aliphatic carbocycles. The van der Waals surface area contributed by atoms with Crippen LogP contribution in [0.1, 0.15) is 35.9 Å². The molecule has 1 heterocycles. The van der Waals surface area contributed by atoms with Gasteiger partial charge in [0, 0.05) is 10.9 Å². The number of carbonyl (C=O) groups is 1. The van der Waals surface area contributed by atoms with Crippen LogP contribution in [-0.2, 0) is 0 Å². The molecule has 0 aliphatic rings. The second kappa shape index (κ2) is 4.00. The second-order valence-corrected chi connectivity index (χ2v) is 3.99. The number of aldehydes is 1. The van der Waals surface area contributed by atoms with Gasteiger partial charge < -0.3 is 9.15 Å². The molecule has 0 saturated carbocycles. The first-order valence-corrected chi connectivity index (χ1v) is 5.23. The average molecular weight is 218 g/mol. The molecular formula is C13H14O3. The van der Waals surface area contributed by atoms with Gasteiger partial charge in [-0.15, -0.1) is 0 Å². The van der Waals surface area contributed by atoms with Crippen molar-refractivity contribution in [1.29, 1.82) is 0 Å². The normalized spacial score (nSPS) is 11.0. The monoisotopic (exact) mass is 218 g/mol. The van der Waals surface area contributed by atoms with E-state index >= 15 is 0 Å². The SMILES string of the molecule is COc1cccc2c(C(C)C)c(C=O)oc12. The highest BCUT2D eigenvalue weighted by Crippen LogP contribution is 2.35. The lowest BCUT2D eigenvalue weighted by Gasteiger charge is -2.03. The van der Waals surface area contributed by atoms with Gasteiger partial charge in [-0.05, 0) is 12.0 Å². The Kier molecular flexibility index (Phi) is 2.69. The van der Waals surface area contributed by atoms with Crippen molar-refractivity contribution in [2.45, 2.75) is 19.8 Å². The molecule has 0 aliphatic heterocycles. The minimum Gasteiger partial charge on any atom is -0.493 e. The van der Waals surface area contributed by atoms with E-state index in [-0.39, 0.29) is 5.92 Å². The third-order valence-electron chi connectivity index (χ3n) is 2.65. The summed E-state index contributed by atoms with van der Waals surface area (Å²) >= 11 is 0. The molecule has 84 valence electrons. The largest absolute Gasteiger partial charge is 0.493 e. The fourth-order valence-corrected chi connectivity index (χ4v) is 1.97. The molecule has 0 spiro atoms. The molecule has 1 aromatic carbocycles. The number of carbonyl (C=O) groups excluding carboxylic acids is 1. The molecule has 0 unspecified atom stereocenters. The van der Waals surface area contributed by atoms with Gasteiger partial charge in [0.05, 0.1) is 7.11 Å². The predicted octanol–water partition coefficient (Wildman–Crippen LogP) is 3.38. The Labute approximate surface area is 94.0 Å². The third-order valence-corrected chi connectivity index (χ3v) is 2.65. The third kappa shape index (κ3) is 1.48. The Morgan fingerprint density at radius 1 is 1.38 bits per heavy atom. The van der Waals surface area contributed by atoms with Crippen molar-refractivity contribution >= 4 is 17.3 Å². The van der Waals surface area contributed by atoms with Crippen LogP contribution in [0.25, 0.3) is 11.0 Å². The average Bonchev–Trinajstić information content (AvgIpc) is 2.66. The summed E-state index contributed by atoms with van der Waals surface area (Å²) < 4.78 is 10.7. The minimum absolute atomic E-state index is 0.244. The molecule has 0 radical (unpaired) electrons. The summed E-state index contributed by atoms with van der Waals surface area (Å²) in [6.07, 6.45) is 0.759. The highest BCUT2D eigenvalue weighted by Gasteiger charge is 2.18. The second-order valence-electron chi connectivity index (χ2n) is 3.99. The fraction of sp³-hybridized carbons (Fsp3) is 0.308. The number of para-hydroxylation sites is 1. The van der Waals surface area contributed by atoms with Gasteiger partial charge >= 0.3 is 0 Å². The van der Waals surface area contributed by atoms with Crippen LogP contribution in [0.4, 0.5) is 0 Å². The van der Waals surface area contributed by atoms with Gasteiger partial charge in [-0.25, -0.2) is 0 Å². The summed E-state index contributed by atoms with van der Waals surface area (Å²) in [5.41, 5.74) is 1.60. The van der Waals surface area contributed by atoms with Crippen molar-refractivity contribution in [3.8, 4) is 5.75 Å². The molecule has 0 bridgehead atoms. The number of hydrogen-bond donors (Lipinski definition) is 0. The number of benzene rings is 1. The van der Waals surface area contributed by atoms with Crippen LogP contribution < -0.4 is 4.74 Å². The van der Waals surface area contributed by atoms with Crippen molar-refractivity contribution < 1.29 is 13.9 Å². The summed E-state index contributed by atoms with van der Waals surface area (Å²) in [5.74, 6) is 1.30. The van der Waals surface area contributed by atoms with E-state index in [0.717, 1.165) is 17.2 Å². The predicted molar refractivity (Wildman–Crippen MR) is 62.2 cm³/mol. The first-order valence-electron chi connectivity index (χ1n) is 5.23. The smallest absolute Gasteiger partial charge is 0.185 e. The van der Waals surface area contributed by atoms with Gasteiger partial charge in [-0.2, -0.15) is 0 Å². The van der Waals surface area contributed by atoms with E-state index in [2.05, 4.69) is 0 Å². The van der Waals surface area contributed by atoms with E-state index in [9.17, 15) is 4.79 Å². The standard InChI is InChI=1S/C13H14O3/c1-8(2)12-9-5-4-6-10(15-3)13(9)16-11(12)7-14/h4-8H,1-3H3. The lowest BCUT2D eigenvalue weighted by atomic mass is 10.00. The zero-order chi connectivity index (χ0) is 11.7. The zero-order valence-corrected chi connectivity index (χ0v) is 9.61. The Morgan fingerprint density at radius 3 is 2.69 bits per heavy atom. The van der Waals surface area contributed by atoms with E-state index in [0.29, 0.717) is 17.1 Å². The molecule has 0 N–H and O–H groups in total. The first-order chi connectivity index (χ1) is 7.69. The van der Waals surface area contributed by atoms with E-state index in [4.69, 9.17) is 9.15 Å². The number of fused-ring (bicyclic) bond motifs is 1. The Balaban J connectivity index is 2.82. The molecule has 0 fully saturated rings. The van der Waals surface area contributed by atoms with Crippen LogP contribution in [0.15, 0.2) is 22.6 Å². The Hall–Kier alpha value is -1.77. The van der Waals surface area contributed by atoms with Gasteiger partial charge in [-0.1, -0.05) is 26.0 Å². The quantitative estimate of drug-likeness (QED) is 0.741. The highest BCUT2D eigenvalue weighted by molar-refractivity contribution is 5.93. The first kappa shape index (κ1) is 10.7. The van der Waals surface area contributed by atoms with E-state index in [1.807, 2.05) is 32.0 Å². The number of rotatable bonds is 3. The zero-order valence-electron chi connectivity index (χ0n) is 9.61. The lowest BCUT2D eigenvalue weighted by Crippen LogP contribution is -1.90. The molecule has 0 amide bonds. The van der Waals surface area contributed by atoms with Crippen molar-refractivity contribution in [2.75, 3.05) is 7.11 Å². The van der Waals surface area contributed by atoms with Crippen LogP contribution in [0.2, 0.25) is 0 Å². The number of furan rings is 1. The summed E-state index contributed by atoms with van der Waals surface area (Å²) in [7, 11) is 1.59. The molecule has 2 aromatic rings. The number of methoxy groups -OCH3 is 1. The van der Waals surface area contributed by atoms with E-state index in [1.54, 1.807) is 7.11 Å². The molecule has 0 saturated heterocycles. The molecule has 3 nitrogen and oxygen atoms in total. The van der Waals surface area contributed by atoms with Crippen molar-refractivity contribution in [3.05, 3.63) is 29.5 Å². The maximum Gasteiger partial charge on any atom is 0.185 e. The van der Waals surface area contributed by atoms with Gasteiger partial charge in [0.2, 0.25) is 0 Å². The topological polar surface area (TPSA) is 39.4 Å². The van der Waals surface area contributed by atoms with E-state index < -0.39 is 0 Å². The Morgan fingerprint density at radius 2 is 2.12 bits per heavy atom. The van der Waals surface area contributed by atoms with Crippen LogP contribution in [-0.4, -0.2) is 13.4 Å². The molecule has 0 atom stereocenters. The van der Waals surface area contributed by atoms with E-state index in [1.165, 1.54) is 0 Å². The number of ether oxygens (including phenoxy) is 1. The fourth-order valence-electron chi connectivity index (χ4n) is 1.97. The van der Waals surface area contributed by atoms with Crippen LogP contribution in [0, 0.1) is 0 Å². The summed E-state index contributed by atoms with van der Waals surface area (Å²) in [6.45, 7) is 4.08. The summed E-state index contributed by atoms with van der Waals surface area (Å²) in [6, 6.07) is 5.67. The molecule has 3 heteroatoms. The van der Waals surface area contributed by atoms with Crippen molar-refractivity contribution in [3.63, 3.8) is 0 Å². The van der Waals surface area contributed by atoms with Gasteiger partial charge in [0.15, 0.2) is 23.4 Å². The molecule has 1 aromatic heterocycles. The molecular weight excluding hydrogens is 204 g/mol. The summed E-state index contributed by atoms with van der Waals surface area (Å²) in [4.78, 5) is 11.0. The van der Waals surface area contributed by atoms with Crippen LogP contribution >= 0.6 is 0 Å². The van der Waals surface area contributed by atoms with Gasteiger partial charge in [-0.3, -0.25) is 4.79 Å². The molecule has 16 heavy (non-hydrogen) atoms. The summed E-state index contributed by atoms with van der Waals surface area (Å²) in [5, 5.41) is 0.955. The van der Waals surface area contributed by atoms with Gasteiger partial charge in [0.25, 0.3) is 0 Å². The lowest BCUT2D eigenvalue weighted by molar-refractivity contribution is 0.110. The van der Waals surface area contributed by atoms with Crippen LogP contribution in [0.3, 0.4) is 0 Å². The molecule has 2 rings (SSSR count). The highest BCUT2D eigenvalue weighted by atomic mass is 16.5. The van der Waals surface area contributed by atoms with Crippen LogP contribution in [0.5, 0.6) is 5.75 Å². The Bertz CT molecular complexity index is 523. The number of hydrogen-bond acceptors (Lipinski definition) is 3. The van der Waals surface area contributed by atoms with Crippen molar-refractivity contribution in [1.82, 2.24) is 0 Å². The maximum atomic E-state index is 11.0.